The molecule has 1 amide bonds. The van der Waals surface area contributed by atoms with Crippen LogP contribution >= 0.6 is 0 Å². The van der Waals surface area contributed by atoms with Crippen molar-refractivity contribution in [3.05, 3.63) is 29.8 Å². The van der Waals surface area contributed by atoms with Crippen molar-refractivity contribution in [2.75, 3.05) is 33.4 Å². The summed E-state index contributed by atoms with van der Waals surface area (Å²) < 4.78 is 32.1. The van der Waals surface area contributed by atoms with Crippen LogP contribution in [0.5, 0.6) is 0 Å². The number of nitrogens with zero attached hydrogens (tertiary/aromatic N) is 2. The van der Waals surface area contributed by atoms with E-state index in [9.17, 15) is 18.0 Å². The van der Waals surface area contributed by atoms with Crippen molar-refractivity contribution >= 4 is 21.9 Å². The lowest BCUT2D eigenvalue weighted by Crippen LogP contribution is -2.43. The first-order valence-corrected chi connectivity index (χ1v) is 8.87. The van der Waals surface area contributed by atoms with Crippen LogP contribution in [0.1, 0.15) is 17.3 Å². The Morgan fingerprint density at radius 3 is 2.42 bits per heavy atom. The second kappa shape index (κ2) is 7.29. The van der Waals surface area contributed by atoms with Gasteiger partial charge in [-0.25, -0.2) is 13.2 Å². The summed E-state index contributed by atoms with van der Waals surface area (Å²) >= 11 is 0. The number of likely N-dealkylation sites (N-methyl/N-ethyl adjacent to an activating group) is 1. The average Bonchev–Trinajstić information content (AvgIpc) is 2.60. The first kappa shape index (κ1) is 18.4. The molecule has 0 spiro atoms. The van der Waals surface area contributed by atoms with Gasteiger partial charge in [0.05, 0.1) is 23.7 Å². The number of carbonyl (C=O) groups is 2. The van der Waals surface area contributed by atoms with E-state index in [2.05, 4.69) is 0 Å². The number of sulfonamides is 1. The maximum absolute atomic E-state index is 12.8. The molecule has 1 fully saturated rings. The van der Waals surface area contributed by atoms with Gasteiger partial charge in [0, 0.05) is 20.1 Å². The van der Waals surface area contributed by atoms with Crippen LogP contribution in [0.2, 0.25) is 0 Å². The Balaban J connectivity index is 2.40. The summed E-state index contributed by atoms with van der Waals surface area (Å²) in [5.74, 6) is -1.82. The van der Waals surface area contributed by atoms with Crippen LogP contribution in [-0.2, 0) is 19.6 Å². The molecule has 9 heteroatoms. The van der Waals surface area contributed by atoms with E-state index in [1.165, 1.54) is 36.5 Å². The molecule has 8 nitrogen and oxygen atoms in total. The van der Waals surface area contributed by atoms with E-state index in [1.54, 1.807) is 6.07 Å². The summed E-state index contributed by atoms with van der Waals surface area (Å²) in [7, 11) is -2.53. The molecule has 0 aromatic heterocycles. The number of amides is 1. The third-order valence-electron chi connectivity index (χ3n) is 3.96. The van der Waals surface area contributed by atoms with Gasteiger partial charge in [-0.15, -0.1) is 0 Å². The molecule has 1 aliphatic heterocycles. The lowest BCUT2D eigenvalue weighted by molar-refractivity contribution is -0.141. The van der Waals surface area contributed by atoms with Crippen LogP contribution in [0.3, 0.4) is 0 Å². The smallest absolute Gasteiger partial charge is 0.326 e. The van der Waals surface area contributed by atoms with E-state index in [4.69, 9.17) is 9.84 Å². The molecule has 0 aliphatic carbocycles. The molecule has 1 N–H and O–H groups in total. The molecule has 2 rings (SSSR count). The summed E-state index contributed by atoms with van der Waals surface area (Å²) in [4.78, 5) is 24.6. The van der Waals surface area contributed by atoms with Crippen molar-refractivity contribution in [1.82, 2.24) is 9.21 Å². The molecule has 1 unspecified atom stereocenters. The molecule has 0 saturated carbocycles. The molecular weight excluding hydrogens is 336 g/mol. The number of carboxylic acids is 1. The third kappa shape index (κ3) is 3.58. The zero-order valence-electron chi connectivity index (χ0n) is 13.5. The standard InChI is InChI=1S/C15H20N2O6S/c1-11(15(19)20)16(2)14(18)12-5-3-4-6-13(12)24(21,22)17-7-9-23-10-8-17/h3-6,11H,7-10H2,1-2H3,(H,19,20). The maximum Gasteiger partial charge on any atom is 0.326 e. The van der Waals surface area contributed by atoms with E-state index in [1.807, 2.05) is 0 Å². The molecule has 1 aromatic carbocycles. The van der Waals surface area contributed by atoms with E-state index in [0.717, 1.165) is 4.90 Å². The number of ether oxygens (including phenoxy) is 1. The van der Waals surface area contributed by atoms with Gasteiger partial charge >= 0.3 is 5.97 Å². The van der Waals surface area contributed by atoms with Crippen LogP contribution < -0.4 is 0 Å². The van der Waals surface area contributed by atoms with E-state index in [0.29, 0.717) is 13.2 Å². The van der Waals surface area contributed by atoms with Gasteiger partial charge in [0.15, 0.2) is 0 Å². The van der Waals surface area contributed by atoms with Gasteiger partial charge in [-0.1, -0.05) is 12.1 Å². The Morgan fingerprint density at radius 1 is 1.25 bits per heavy atom. The zero-order valence-corrected chi connectivity index (χ0v) is 14.3. The van der Waals surface area contributed by atoms with Gasteiger partial charge in [-0.05, 0) is 19.1 Å². The van der Waals surface area contributed by atoms with Crippen molar-refractivity contribution in [1.29, 1.82) is 0 Å². The van der Waals surface area contributed by atoms with Crippen LogP contribution in [0.15, 0.2) is 29.2 Å². The summed E-state index contributed by atoms with van der Waals surface area (Å²) in [5, 5.41) is 9.05. The molecule has 0 bridgehead atoms. The Kier molecular flexibility index (Phi) is 5.58. The highest BCUT2D eigenvalue weighted by Gasteiger charge is 2.32. The highest BCUT2D eigenvalue weighted by atomic mass is 32.2. The fourth-order valence-corrected chi connectivity index (χ4v) is 3.92. The molecule has 132 valence electrons. The van der Waals surface area contributed by atoms with Gasteiger partial charge < -0.3 is 14.7 Å². The Bertz CT molecular complexity index is 727. The topological polar surface area (TPSA) is 104 Å². The number of aliphatic carboxylic acids is 1. The van der Waals surface area contributed by atoms with Gasteiger partial charge in [-0.2, -0.15) is 4.31 Å². The second-order valence-electron chi connectivity index (χ2n) is 5.44. The first-order chi connectivity index (χ1) is 11.3. The van der Waals surface area contributed by atoms with E-state index in [-0.39, 0.29) is 23.5 Å². The summed E-state index contributed by atoms with van der Waals surface area (Å²) in [6.07, 6.45) is 0. The van der Waals surface area contributed by atoms with Crippen molar-refractivity contribution in [3.63, 3.8) is 0 Å². The molecule has 1 saturated heterocycles. The Hall–Kier alpha value is -1.97. The molecule has 1 atom stereocenters. The molecule has 1 heterocycles. The number of rotatable bonds is 5. The SMILES string of the molecule is CC(C(=O)O)N(C)C(=O)c1ccccc1S(=O)(=O)N1CCOCC1. The largest absolute Gasteiger partial charge is 0.480 e. The van der Waals surface area contributed by atoms with Crippen molar-refractivity contribution in [2.24, 2.45) is 0 Å². The van der Waals surface area contributed by atoms with Crippen LogP contribution in [0, 0.1) is 0 Å². The van der Waals surface area contributed by atoms with Crippen LogP contribution in [-0.4, -0.2) is 74.0 Å². The maximum atomic E-state index is 12.8. The lowest BCUT2D eigenvalue weighted by Gasteiger charge is -2.28. The van der Waals surface area contributed by atoms with E-state index < -0.39 is 27.9 Å². The summed E-state index contributed by atoms with van der Waals surface area (Å²) in [6.45, 7) is 2.38. The monoisotopic (exact) mass is 356 g/mol. The summed E-state index contributed by atoms with van der Waals surface area (Å²) in [6, 6.07) is 4.75. The number of carboxylic acid groups (broad SMARTS) is 1. The number of hydrogen-bond donors (Lipinski definition) is 1. The van der Waals surface area contributed by atoms with Gasteiger partial charge in [0.1, 0.15) is 6.04 Å². The van der Waals surface area contributed by atoms with Crippen LogP contribution in [0.25, 0.3) is 0 Å². The zero-order chi connectivity index (χ0) is 17.9. The molecular formula is C15H20N2O6S. The van der Waals surface area contributed by atoms with Crippen molar-refractivity contribution in [2.45, 2.75) is 17.9 Å². The Labute approximate surface area is 140 Å². The predicted octanol–water partition coefficient (Wildman–Crippen LogP) is 0.253. The minimum absolute atomic E-state index is 0.0420. The number of morpholine rings is 1. The van der Waals surface area contributed by atoms with E-state index >= 15 is 0 Å². The van der Waals surface area contributed by atoms with Crippen LogP contribution in [0.4, 0.5) is 0 Å². The Morgan fingerprint density at radius 2 is 1.83 bits per heavy atom. The number of benzene rings is 1. The van der Waals surface area contributed by atoms with Crippen molar-refractivity contribution < 1.29 is 27.9 Å². The quantitative estimate of drug-likeness (QED) is 0.811. The average molecular weight is 356 g/mol. The fraction of sp³-hybridized carbons (Fsp3) is 0.467. The van der Waals surface area contributed by atoms with Gasteiger partial charge in [0.2, 0.25) is 10.0 Å². The normalized spacial score (nSPS) is 17.2. The molecule has 0 radical (unpaired) electrons. The second-order valence-corrected chi connectivity index (χ2v) is 7.35. The number of hydrogen-bond acceptors (Lipinski definition) is 5. The molecule has 24 heavy (non-hydrogen) atoms. The van der Waals surface area contributed by atoms with Gasteiger partial charge in [-0.3, -0.25) is 4.79 Å². The minimum Gasteiger partial charge on any atom is -0.480 e. The predicted molar refractivity (Wildman–Crippen MR) is 85.2 cm³/mol. The lowest BCUT2D eigenvalue weighted by atomic mass is 10.2. The fourth-order valence-electron chi connectivity index (χ4n) is 2.33. The molecule has 1 aromatic rings. The first-order valence-electron chi connectivity index (χ1n) is 7.43. The molecule has 1 aliphatic rings. The third-order valence-corrected chi connectivity index (χ3v) is 5.92. The minimum atomic E-state index is -3.86. The highest BCUT2D eigenvalue weighted by Crippen LogP contribution is 2.22. The van der Waals surface area contributed by atoms with Crippen molar-refractivity contribution in [3.8, 4) is 0 Å². The summed E-state index contributed by atoms with van der Waals surface area (Å²) in [5.41, 5.74) is -0.0420. The van der Waals surface area contributed by atoms with Gasteiger partial charge in [0.25, 0.3) is 5.91 Å². The highest BCUT2D eigenvalue weighted by molar-refractivity contribution is 7.89. The number of carbonyl (C=O) groups excluding carboxylic acids is 1.